The third kappa shape index (κ3) is 3.35. The summed E-state index contributed by atoms with van der Waals surface area (Å²) in [6.07, 6.45) is 3.42. The van der Waals surface area contributed by atoms with Gasteiger partial charge >= 0.3 is 6.03 Å². The SMILES string of the molecule is O=C(NCC1CCC(O)C1)NC1CCOC1. The van der Waals surface area contributed by atoms with Crippen molar-refractivity contribution >= 4 is 6.03 Å². The summed E-state index contributed by atoms with van der Waals surface area (Å²) in [5, 5.41) is 15.1. The van der Waals surface area contributed by atoms with Crippen LogP contribution in [0.15, 0.2) is 0 Å². The summed E-state index contributed by atoms with van der Waals surface area (Å²) < 4.78 is 5.17. The molecule has 92 valence electrons. The molecule has 2 fully saturated rings. The van der Waals surface area contributed by atoms with Gasteiger partial charge in [-0.05, 0) is 31.6 Å². The normalized spacial score (nSPS) is 33.9. The Bertz CT molecular complexity index is 241. The van der Waals surface area contributed by atoms with Gasteiger partial charge in [-0.3, -0.25) is 0 Å². The maximum Gasteiger partial charge on any atom is 0.315 e. The molecule has 0 radical (unpaired) electrons. The molecule has 2 aliphatic rings. The molecular formula is C11H20N2O3. The number of urea groups is 1. The number of carbonyl (C=O) groups excluding carboxylic acids is 1. The predicted molar refractivity (Wildman–Crippen MR) is 59.1 cm³/mol. The number of carbonyl (C=O) groups is 1. The number of nitrogens with one attached hydrogen (secondary N) is 2. The van der Waals surface area contributed by atoms with E-state index in [0.29, 0.717) is 19.1 Å². The summed E-state index contributed by atoms with van der Waals surface area (Å²) in [5.74, 6) is 0.431. The summed E-state index contributed by atoms with van der Waals surface area (Å²) in [6.45, 7) is 2.02. The quantitative estimate of drug-likeness (QED) is 0.648. The largest absolute Gasteiger partial charge is 0.393 e. The minimum absolute atomic E-state index is 0.114. The monoisotopic (exact) mass is 228 g/mol. The Morgan fingerprint density at radius 2 is 2.25 bits per heavy atom. The lowest BCUT2D eigenvalue weighted by Crippen LogP contribution is -2.43. The van der Waals surface area contributed by atoms with E-state index in [1.165, 1.54) is 0 Å². The molecule has 0 aromatic carbocycles. The first-order valence-electron chi connectivity index (χ1n) is 6.04. The minimum atomic E-state index is -0.168. The number of hydrogen-bond donors (Lipinski definition) is 3. The van der Waals surface area contributed by atoms with Crippen molar-refractivity contribution in [2.75, 3.05) is 19.8 Å². The summed E-state index contributed by atoms with van der Waals surface area (Å²) in [6, 6.07) is 0.0473. The van der Waals surface area contributed by atoms with Crippen LogP contribution < -0.4 is 10.6 Å². The zero-order valence-corrected chi connectivity index (χ0v) is 9.45. The molecule has 1 saturated heterocycles. The van der Waals surface area contributed by atoms with E-state index in [0.717, 1.165) is 32.3 Å². The van der Waals surface area contributed by atoms with E-state index in [1.807, 2.05) is 0 Å². The lowest BCUT2D eigenvalue weighted by atomic mass is 10.1. The van der Waals surface area contributed by atoms with Gasteiger partial charge in [-0.1, -0.05) is 0 Å². The molecule has 0 bridgehead atoms. The van der Waals surface area contributed by atoms with Gasteiger partial charge in [0, 0.05) is 13.2 Å². The Balaban J connectivity index is 1.60. The Morgan fingerprint density at radius 1 is 1.38 bits per heavy atom. The number of ether oxygens (including phenoxy) is 1. The van der Waals surface area contributed by atoms with Crippen LogP contribution in [0.2, 0.25) is 0 Å². The molecule has 2 rings (SSSR count). The number of amides is 2. The highest BCUT2D eigenvalue weighted by Gasteiger charge is 2.23. The molecule has 2 amide bonds. The number of rotatable bonds is 3. The topological polar surface area (TPSA) is 70.6 Å². The Kier molecular flexibility index (Phi) is 4.01. The van der Waals surface area contributed by atoms with Crippen molar-refractivity contribution in [3.05, 3.63) is 0 Å². The Morgan fingerprint density at radius 3 is 2.88 bits per heavy atom. The molecule has 1 aliphatic carbocycles. The lowest BCUT2D eigenvalue weighted by Gasteiger charge is -2.14. The molecule has 3 atom stereocenters. The van der Waals surface area contributed by atoms with E-state index in [9.17, 15) is 9.90 Å². The van der Waals surface area contributed by atoms with Crippen molar-refractivity contribution in [3.63, 3.8) is 0 Å². The summed E-state index contributed by atoms with van der Waals surface area (Å²) in [7, 11) is 0. The highest BCUT2D eigenvalue weighted by molar-refractivity contribution is 5.74. The summed E-state index contributed by atoms with van der Waals surface area (Å²) >= 11 is 0. The highest BCUT2D eigenvalue weighted by Crippen LogP contribution is 2.24. The van der Waals surface area contributed by atoms with E-state index < -0.39 is 0 Å². The second-order valence-electron chi connectivity index (χ2n) is 4.75. The molecule has 3 N–H and O–H groups in total. The van der Waals surface area contributed by atoms with Crippen LogP contribution in [0.5, 0.6) is 0 Å². The van der Waals surface area contributed by atoms with Gasteiger partial charge < -0.3 is 20.5 Å². The van der Waals surface area contributed by atoms with Gasteiger partial charge in [-0.25, -0.2) is 4.79 Å². The fourth-order valence-corrected chi connectivity index (χ4v) is 2.36. The molecule has 5 heteroatoms. The molecule has 0 aromatic rings. The van der Waals surface area contributed by atoms with E-state index in [4.69, 9.17) is 4.74 Å². The van der Waals surface area contributed by atoms with Crippen molar-refractivity contribution in [1.82, 2.24) is 10.6 Å². The predicted octanol–water partition coefficient (Wildman–Crippen LogP) is 0.235. The minimum Gasteiger partial charge on any atom is -0.393 e. The van der Waals surface area contributed by atoms with Gasteiger partial charge in [0.25, 0.3) is 0 Å². The molecule has 1 heterocycles. The van der Waals surface area contributed by atoms with Crippen LogP contribution in [-0.4, -0.2) is 43.0 Å². The van der Waals surface area contributed by atoms with Crippen LogP contribution in [0.1, 0.15) is 25.7 Å². The fourth-order valence-electron chi connectivity index (χ4n) is 2.36. The number of hydrogen-bond acceptors (Lipinski definition) is 3. The van der Waals surface area contributed by atoms with Crippen LogP contribution in [0.4, 0.5) is 4.79 Å². The van der Waals surface area contributed by atoms with E-state index in [1.54, 1.807) is 0 Å². The van der Waals surface area contributed by atoms with Crippen molar-refractivity contribution < 1.29 is 14.6 Å². The molecule has 1 saturated carbocycles. The molecule has 5 nitrogen and oxygen atoms in total. The molecule has 1 aliphatic heterocycles. The molecule has 3 unspecified atom stereocenters. The van der Waals surface area contributed by atoms with Gasteiger partial charge in [0.05, 0.1) is 18.8 Å². The highest BCUT2D eigenvalue weighted by atomic mass is 16.5. The van der Waals surface area contributed by atoms with E-state index in [-0.39, 0.29) is 18.2 Å². The molecular weight excluding hydrogens is 208 g/mol. The van der Waals surface area contributed by atoms with Crippen molar-refractivity contribution in [2.45, 2.75) is 37.8 Å². The number of aliphatic hydroxyl groups excluding tert-OH is 1. The second kappa shape index (κ2) is 5.50. The van der Waals surface area contributed by atoms with Crippen molar-refractivity contribution in [2.24, 2.45) is 5.92 Å². The van der Waals surface area contributed by atoms with Crippen LogP contribution in [-0.2, 0) is 4.74 Å². The first-order chi connectivity index (χ1) is 7.74. The first kappa shape index (κ1) is 11.7. The Hall–Kier alpha value is -0.810. The van der Waals surface area contributed by atoms with Crippen LogP contribution in [0.25, 0.3) is 0 Å². The Labute approximate surface area is 95.5 Å². The fraction of sp³-hybridized carbons (Fsp3) is 0.909. The lowest BCUT2D eigenvalue weighted by molar-refractivity contribution is 0.177. The first-order valence-corrected chi connectivity index (χ1v) is 6.04. The van der Waals surface area contributed by atoms with Gasteiger partial charge in [0.1, 0.15) is 0 Å². The summed E-state index contributed by atoms with van der Waals surface area (Å²) in [4.78, 5) is 11.5. The standard InChI is InChI=1S/C11H20N2O3/c14-10-2-1-8(5-10)6-12-11(15)13-9-3-4-16-7-9/h8-10,14H,1-7H2,(H2,12,13,15). The average Bonchev–Trinajstić information content (AvgIpc) is 2.87. The van der Waals surface area contributed by atoms with E-state index >= 15 is 0 Å². The van der Waals surface area contributed by atoms with Gasteiger partial charge in [0.2, 0.25) is 0 Å². The second-order valence-corrected chi connectivity index (χ2v) is 4.75. The van der Waals surface area contributed by atoms with Gasteiger partial charge in [0.15, 0.2) is 0 Å². The number of aliphatic hydroxyl groups is 1. The van der Waals surface area contributed by atoms with Crippen molar-refractivity contribution in [1.29, 1.82) is 0 Å². The zero-order chi connectivity index (χ0) is 11.4. The smallest absolute Gasteiger partial charge is 0.315 e. The third-order valence-electron chi connectivity index (χ3n) is 3.33. The molecule has 16 heavy (non-hydrogen) atoms. The van der Waals surface area contributed by atoms with Gasteiger partial charge in [-0.15, -0.1) is 0 Å². The van der Waals surface area contributed by atoms with Crippen molar-refractivity contribution in [3.8, 4) is 0 Å². The van der Waals surface area contributed by atoms with Gasteiger partial charge in [-0.2, -0.15) is 0 Å². The average molecular weight is 228 g/mol. The maximum absolute atomic E-state index is 11.5. The molecule has 0 aromatic heterocycles. The van der Waals surface area contributed by atoms with Crippen LogP contribution in [0, 0.1) is 5.92 Å². The third-order valence-corrected chi connectivity index (χ3v) is 3.33. The maximum atomic E-state index is 11.5. The van der Waals surface area contributed by atoms with E-state index in [2.05, 4.69) is 10.6 Å². The van der Waals surface area contributed by atoms with Crippen LogP contribution in [0.3, 0.4) is 0 Å². The van der Waals surface area contributed by atoms with Crippen LogP contribution >= 0.6 is 0 Å². The molecule has 0 spiro atoms. The summed E-state index contributed by atoms with van der Waals surface area (Å²) in [5.41, 5.74) is 0. The zero-order valence-electron chi connectivity index (χ0n) is 9.45.